The zero-order valence-electron chi connectivity index (χ0n) is 17.9. The molecule has 12 nitrogen and oxygen atoms in total. The van der Waals surface area contributed by atoms with E-state index in [1.807, 2.05) is 13.8 Å². The Labute approximate surface area is 180 Å². The number of aliphatic imine (C=N–C) groups is 1. The van der Waals surface area contributed by atoms with E-state index in [1.165, 1.54) is 25.0 Å². The summed E-state index contributed by atoms with van der Waals surface area (Å²) in [5.41, 5.74) is 4.42. The lowest BCUT2D eigenvalue weighted by molar-refractivity contribution is -0.138. The molecule has 3 atom stereocenters. The van der Waals surface area contributed by atoms with Gasteiger partial charge in [-0.05, 0) is 31.4 Å². The van der Waals surface area contributed by atoms with Crippen LogP contribution in [0.5, 0.6) is 0 Å². The van der Waals surface area contributed by atoms with E-state index in [4.69, 9.17) is 20.8 Å². The van der Waals surface area contributed by atoms with Gasteiger partial charge in [-0.15, -0.1) is 0 Å². The molecule has 0 radical (unpaired) electrons. The monoisotopic (exact) mass is 459 g/mol. The molecule has 1 aliphatic rings. The summed E-state index contributed by atoms with van der Waals surface area (Å²) in [4.78, 5) is 50.4. The molecule has 0 saturated carbocycles. The highest BCUT2D eigenvalue weighted by Gasteiger charge is 2.42. The van der Waals surface area contributed by atoms with Gasteiger partial charge in [-0.3, -0.25) is 19.1 Å². The Morgan fingerprint density at radius 3 is 2.32 bits per heavy atom. The van der Waals surface area contributed by atoms with E-state index in [0.717, 1.165) is 0 Å². The highest BCUT2D eigenvalue weighted by Crippen LogP contribution is 2.35. The van der Waals surface area contributed by atoms with Crippen molar-refractivity contribution in [3.8, 4) is 0 Å². The number of hydrogen-bond acceptors (Lipinski definition) is 8. The molecule has 0 aromatic carbocycles. The third-order valence-corrected chi connectivity index (χ3v) is 5.68. The Bertz CT molecular complexity index is 899. The third-order valence-electron chi connectivity index (χ3n) is 4.59. The van der Waals surface area contributed by atoms with Crippen molar-refractivity contribution in [2.24, 2.45) is 16.6 Å². The molecule has 1 aromatic heterocycles. The number of aromatic carboxylic acids is 1. The predicted octanol–water partition coefficient (Wildman–Crippen LogP) is 0.922. The lowest BCUT2D eigenvalue weighted by atomic mass is 9.89. The highest BCUT2D eigenvalue weighted by atomic mass is 31.2. The summed E-state index contributed by atoms with van der Waals surface area (Å²) < 4.78 is 10.6. The minimum absolute atomic E-state index is 0. The van der Waals surface area contributed by atoms with Gasteiger partial charge in [-0.1, -0.05) is 13.8 Å². The van der Waals surface area contributed by atoms with Gasteiger partial charge in [0.2, 0.25) is 0 Å². The normalized spacial score (nSPS) is 20.4. The van der Waals surface area contributed by atoms with Crippen molar-refractivity contribution in [3.63, 3.8) is 0 Å². The highest BCUT2D eigenvalue weighted by molar-refractivity contribution is 7.57. The maximum absolute atomic E-state index is 12.0. The smallest absolute Gasteiger partial charge is 0.338 e. The van der Waals surface area contributed by atoms with Crippen LogP contribution >= 0.6 is 7.37 Å². The van der Waals surface area contributed by atoms with Crippen LogP contribution in [0.2, 0.25) is 0 Å². The van der Waals surface area contributed by atoms with Crippen LogP contribution in [0.15, 0.2) is 23.3 Å². The SMILES string of the molecule is CC(C)C1(C)N=C(c2ncccc2C(=O)O)NC1=O.CP(=O)(O)CCC(N)C(=O)O.N. The van der Waals surface area contributed by atoms with Crippen LogP contribution in [-0.2, 0) is 14.2 Å². The summed E-state index contributed by atoms with van der Waals surface area (Å²) in [6.07, 6.45) is 1.47. The maximum atomic E-state index is 12.0. The Hall–Kier alpha value is -2.66. The number of aromatic nitrogens is 1. The number of carboxylic acid groups (broad SMARTS) is 2. The number of nitrogens with one attached hydrogen (secondary N) is 1. The molecule has 0 fully saturated rings. The second-order valence-corrected chi connectivity index (χ2v) is 9.98. The van der Waals surface area contributed by atoms with E-state index in [1.54, 1.807) is 6.92 Å². The zero-order valence-corrected chi connectivity index (χ0v) is 18.8. The summed E-state index contributed by atoms with van der Waals surface area (Å²) >= 11 is 0. The number of pyridine rings is 1. The summed E-state index contributed by atoms with van der Waals surface area (Å²) in [6.45, 7) is 6.69. The van der Waals surface area contributed by atoms with Crippen molar-refractivity contribution in [1.29, 1.82) is 0 Å². The Morgan fingerprint density at radius 1 is 1.32 bits per heavy atom. The van der Waals surface area contributed by atoms with Crippen LogP contribution in [0.25, 0.3) is 0 Å². The number of carbonyl (C=O) groups is 3. The van der Waals surface area contributed by atoms with Crippen molar-refractivity contribution in [2.75, 3.05) is 12.8 Å². The van der Waals surface area contributed by atoms with Crippen molar-refractivity contribution in [1.82, 2.24) is 16.5 Å². The van der Waals surface area contributed by atoms with E-state index in [2.05, 4.69) is 15.3 Å². The summed E-state index contributed by atoms with van der Waals surface area (Å²) in [5.74, 6) is -2.25. The van der Waals surface area contributed by atoms with Crippen LogP contribution in [-0.4, -0.2) is 68.2 Å². The van der Waals surface area contributed by atoms with Crippen molar-refractivity contribution < 1.29 is 34.1 Å². The van der Waals surface area contributed by atoms with Crippen LogP contribution in [0.3, 0.4) is 0 Å². The molecule has 31 heavy (non-hydrogen) atoms. The molecule has 0 spiro atoms. The van der Waals surface area contributed by atoms with E-state index in [0.29, 0.717) is 0 Å². The van der Waals surface area contributed by atoms with Crippen molar-refractivity contribution in [3.05, 3.63) is 29.6 Å². The molecule has 1 amide bonds. The summed E-state index contributed by atoms with van der Waals surface area (Å²) in [5, 5.41) is 20.0. The second-order valence-electron chi connectivity index (χ2n) is 7.43. The molecule has 2 rings (SSSR count). The lowest BCUT2D eigenvalue weighted by Crippen LogP contribution is -2.41. The van der Waals surface area contributed by atoms with Crippen LogP contribution in [0.1, 0.15) is 43.2 Å². The number of carboxylic acids is 2. The molecule has 9 N–H and O–H groups in total. The number of amides is 1. The molecular weight excluding hydrogens is 429 g/mol. The Morgan fingerprint density at radius 2 is 1.90 bits per heavy atom. The van der Waals surface area contributed by atoms with Crippen LogP contribution in [0, 0.1) is 5.92 Å². The minimum atomic E-state index is -3.10. The molecular formula is C18H30N5O7P. The molecule has 174 valence electrons. The third kappa shape index (κ3) is 7.83. The first-order valence-electron chi connectivity index (χ1n) is 9.06. The molecule has 13 heteroatoms. The number of carbonyl (C=O) groups excluding carboxylic acids is 1. The van der Waals surface area contributed by atoms with Gasteiger partial charge in [0.05, 0.1) is 5.56 Å². The molecule has 1 aliphatic heterocycles. The minimum Gasteiger partial charge on any atom is -0.480 e. The van der Waals surface area contributed by atoms with Crippen molar-refractivity contribution >= 4 is 31.1 Å². The summed E-state index contributed by atoms with van der Waals surface area (Å²) in [7, 11) is -3.10. The second kappa shape index (κ2) is 11.1. The fourth-order valence-electron chi connectivity index (χ4n) is 2.32. The van der Waals surface area contributed by atoms with E-state index in [9.17, 15) is 18.9 Å². The molecule has 0 aliphatic carbocycles. The molecule has 0 saturated heterocycles. The standard InChI is InChI=1S/C13H15N3O3.C5H12NO4P.H3N/c1-7(2)13(3)12(19)15-10(16-13)9-8(11(17)18)5-4-6-14-9;1-11(9,10)3-2-4(6)5(7)8;/h4-7H,1-3H3,(H,17,18)(H,15,16,19);4H,2-3,6H2,1H3,(H,7,8)(H,9,10);1H3. The van der Waals surface area contributed by atoms with E-state index >= 15 is 0 Å². The number of nitrogens with zero attached hydrogens (tertiary/aromatic N) is 2. The predicted molar refractivity (Wildman–Crippen MR) is 115 cm³/mol. The Balaban J connectivity index is 0.000000650. The molecule has 1 aromatic rings. The fraction of sp³-hybridized carbons (Fsp3) is 0.500. The van der Waals surface area contributed by atoms with E-state index < -0.39 is 30.9 Å². The largest absolute Gasteiger partial charge is 0.480 e. The molecule has 3 unspecified atom stereocenters. The number of amidine groups is 1. The first kappa shape index (κ1) is 28.3. The maximum Gasteiger partial charge on any atom is 0.338 e. The topological polar surface area (TPSA) is 227 Å². The van der Waals surface area contributed by atoms with Crippen molar-refractivity contribution in [2.45, 2.75) is 38.8 Å². The first-order chi connectivity index (χ1) is 13.7. The van der Waals surface area contributed by atoms with Gasteiger partial charge < -0.3 is 32.3 Å². The first-order valence-corrected chi connectivity index (χ1v) is 11.4. The quantitative estimate of drug-likeness (QED) is 0.316. The zero-order chi connectivity index (χ0) is 23.3. The van der Waals surface area contributed by atoms with Gasteiger partial charge in [0, 0.05) is 19.0 Å². The van der Waals surface area contributed by atoms with Gasteiger partial charge in [-0.25, -0.2) is 9.79 Å². The number of aliphatic carboxylic acids is 1. The van der Waals surface area contributed by atoms with Crippen LogP contribution in [0.4, 0.5) is 0 Å². The van der Waals surface area contributed by atoms with Gasteiger partial charge in [0.25, 0.3) is 5.91 Å². The Kier molecular flexibility index (Phi) is 10.1. The van der Waals surface area contributed by atoms with Gasteiger partial charge in [0.15, 0.2) is 13.2 Å². The number of hydrogen-bond donors (Lipinski definition) is 6. The van der Waals surface area contributed by atoms with Gasteiger partial charge in [0.1, 0.15) is 17.3 Å². The average molecular weight is 459 g/mol. The number of rotatable bonds is 7. The van der Waals surface area contributed by atoms with Crippen LogP contribution < -0.4 is 17.2 Å². The van der Waals surface area contributed by atoms with E-state index in [-0.39, 0.29) is 47.7 Å². The van der Waals surface area contributed by atoms with Gasteiger partial charge in [-0.2, -0.15) is 0 Å². The molecule has 2 heterocycles. The lowest BCUT2D eigenvalue weighted by Gasteiger charge is -2.21. The summed E-state index contributed by atoms with van der Waals surface area (Å²) in [6, 6.07) is 1.94. The van der Waals surface area contributed by atoms with Gasteiger partial charge >= 0.3 is 11.9 Å². The number of nitrogens with two attached hydrogens (primary N) is 1. The fourth-order valence-corrected chi connectivity index (χ4v) is 3.07. The molecule has 0 bridgehead atoms. The average Bonchev–Trinajstić information content (AvgIpc) is 2.95.